The maximum atomic E-state index is 13.1. The number of sulfonamides is 1. The Morgan fingerprint density at radius 3 is 2.48 bits per heavy atom. The lowest BCUT2D eigenvalue weighted by Gasteiger charge is -2.23. The standard InChI is InChI=1S/C24H25N3O5S/c1-25-33(30,31)22-14-6-10-18-19(22)11-5-12-20(18)26-23(28)21-13-7-15-27(21)24(29)32-16-17-8-3-2-4-9-17/h2-6,8-12,14,21,25H,7,13,15-16H2,1H3,(H,26,28)/t21-/m1/s1. The quantitative estimate of drug-likeness (QED) is 0.578. The SMILES string of the molecule is CNS(=O)(=O)c1cccc2c(NC(=O)[C@H]3CCCN3C(=O)OCc3ccccc3)cccc12. The molecule has 1 aliphatic heterocycles. The fraction of sp³-hybridized carbons (Fsp3) is 0.250. The van der Waals surface area contributed by atoms with Crippen LogP contribution >= 0.6 is 0 Å². The molecule has 0 unspecified atom stereocenters. The van der Waals surface area contributed by atoms with Crippen LogP contribution in [0.15, 0.2) is 71.6 Å². The zero-order valence-corrected chi connectivity index (χ0v) is 19.0. The first-order valence-electron chi connectivity index (χ1n) is 10.6. The number of hydrogen-bond donors (Lipinski definition) is 2. The fourth-order valence-electron chi connectivity index (χ4n) is 4.01. The molecule has 0 bridgehead atoms. The van der Waals surface area contributed by atoms with Gasteiger partial charge in [-0.3, -0.25) is 9.69 Å². The molecule has 0 radical (unpaired) electrons. The van der Waals surface area contributed by atoms with Crippen LogP contribution in [0, 0.1) is 0 Å². The zero-order valence-electron chi connectivity index (χ0n) is 18.2. The number of nitrogens with one attached hydrogen (secondary N) is 2. The Bertz CT molecular complexity index is 1280. The van der Waals surface area contributed by atoms with E-state index in [2.05, 4.69) is 10.0 Å². The lowest BCUT2D eigenvalue weighted by molar-refractivity contribution is -0.120. The molecule has 1 heterocycles. The molecular formula is C24H25N3O5S. The average molecular weight is 468 g/mol. The number of amides is 2. The number of rotatable bonds is 6. The second-order valence-corrected chi connectivity index (χ2v) is 9.60. The molecule has 0 saturated carbocycles. The Hall–Kier alpha value is -3.43. The minimum atomic E-state index is -3.67. The molecule has 1 fully saturated rings. The van der Waals surface area contributed by atoms with Crippen LogP contribution in [0.5, 0.6) is 0 Å². The molecule has 3 aromatic carbocycles. The van der Waals surface area contributed by atoms with E-state index in [1.165, 1.54) is 18.0 Å². The first-order valence-corrected chi connectivity index (χ1v) is 12.1. The second kappa shape index (κ2) is 9.60. The molecule has 8 nitrogen and oxygen atoms in total. The van der Waals surface area contributed by atoms with Gasteiger partial charge in [-0.05, 0) is 37.6 Å². The summed E-state index contributed by atoms with van der Waals surface area (Å²) in [5, 5.41) is 3.97. The van der Waals surface area contributed by atoms with Crippen molar-refractivity contribution >= 4 is 38.5 Å². The molecule has 0 aliphatic carbocycles. The van der Waals surface area contributed by atoms with Crippen molar-refractivity contribution in [2.24, 2.45) is 0 Å². The van der Waals surface area contributed by atoms with Crippen molar-refractivity contribution in [2.45, 2.75) is 30.4 Å². The van der Waals surface area contributed by atoms with Crippen molar-refractivity contribution in [1.29, 1.82) is 0 Å². The molecule has 4 rings (SSSR count). The van der Waals surface area contributed by atoms with E-state index in [0.717, 1.165) is 5.56 Å². The summed E-state index contributed by atoms with van der Waals surface area (Å²) in [6, 6.07) is 18.7. The number of anilines is 1. The molecule has 0 spiro atoms. The van der Waals surface area contributed by atoms with Crippen molar-refractivity contribution in [3.63, 3.8) is 0 Å². The number of carbonyl (C=O) groups excluding carboxylic acids is 2. The molecule has 1 saturated heterocycles. The summed E-state index contributed by atoms with van der Waals surface area (Å²) in [4.78, 5) is 27.3. The highest BCUT2D eigenvalue weighted by molar-refractivity contribution is 7.89. The number of ether oxygens (including phenoxy) is 1. The Morgan fingerprint density at radius 1 is 1.00 bits per heavy atom. The van der Waals surface area contributed by atoms with E-state index in [1.807, 2.05) is 30.3 Å². The normalized spacial score (nSPS) is 16.0. The Morgan fingerprint density at radius 2 is 1.73 bits per heavy atom. The maximum absolute atomic E-state index is 13.1. The van der Waals surface area contributed by atoms with Crippen molar-refractivity contribution < 1.29 is 22.7 Å². The number of carbonyl (C=O) groups is 2. The average Bonchev–Trinajstić information content (AvgIpc) is 3.33. The molecule has 1 atom stereocenters. The maximum Gasteiger partial charge on any atom is 0.410 e. The third kappa shape index (κ3) is 4.84. The summed E-state index contributed by atoms with van der Waals surface area (Å²) in [6.45, 7) is 0.572. The zero-order chi connectivity index (χ0) is 23.4. The van der Waals surface area contributed by atoms with Gasteiger partial charge in [0.15, 0.2) is 0 Å². The predicted octanol–water partition coefficient (Wildman–Crippen LogP) is 3.49. The van der Waals surface area contributed by atoms with E-state index in [0.29, 0.717) is 35.8 Å². The van der Waals surface area contributed by atoms with E-state index in [4.69, 9.17) is 4.74 Å². The Labute approximate surface area is 192 Å². The predicted molar refractivity (Wildman–Crippen MR) is 125 cm³/mol. The van der Waals surface area contributed by atoms with Crippen LogP contribution in [0.25, 0.3) is 10.8 Å². The van der Waals surface area contributed by atoms with Gasteiger partial charge in [0, 0.05) is 23.0 Å². The van der Waals surface area contributed by atoms with Gasteiger partial charge in [-0.25, -0.2) is 17.9 Å². The first-order chi connectivity index (χ1) is 15.9. The van der Waals surface area contributed by atoms with E-state index in [1.54, 1.807) is 30.3 Å². The van der Waals surface area contributed by atoms with Gasteiger partial charge in [0.25, 0.3) is 0 Å². The number of likely N-dealkylation sites (tertiary alicyclic amines) is 1. The monoisotopic (exact) mass is 467 g/mol. The van der Waals surface area contributed by atoms with Crippen LogP contribution in [-0.4, -0.2) is 45.0 Å². The minimum Gasteiger partial charge on any atom is -0.445 e. The summed E-state index contributed by atoms with van der Waals surface area (Å²) in [5.74, 6) is -0.335. The lowest BCUT2D eigenvalue weighted by atomic mass is 10.1. The topological polar surface area (TPSA) is 105 Å². The van der Waals surface area contributed by atoms with Crippen LogP contribution < -0.4 is 10.0 Å². The summed E-state index contributed by atoms with van der Waals surface area (Å²) in [5.41, 5.74) is 1.35. The van der Waals surface area contributed by atoms with Gasteiger partial charge in [0.1, 0.15) is 12.6 Å². The number of hydrogen-bond acceptors (Lipinski definition) is 5. The van der Waals surface area contributed by atoms with Crippen molar-refractivity contribution in [1.82, 2.24) is 9.62 Å². The van der Waals surface area contributed by atoms with Gasteiger partial charge in [0.2, 0.25) is 15.9 Å². The smallest absolute Gasteiger partial charge is 0.410 e. The second-order valence-electron chi connectivity index (χ2n) is 7.75. The van der Waals surface area contributed by atoms with Crippen molar-refractivity contribution in [2.75, 3.05) is 18.9 Å². The lowest BCUT2D eigenvalue weighted by Crippen LogP contribution is -2.43. The molecule has 3 aromatic rings. The van der Waals surface area contributed by atoms with E-state index >= 15 is 0 Å². The Balaban J connectivity index is 1.51. The van der Waals surface area contributed by atoms with Crippen LogP contribution in [0.2, 0.25) is 0 Å². The number of fused-ring (bicyclic) bond motifs is 1. The molecule has 2 amide bonds. The molecule has 2 N–H and O–H groups in total. The fourth-order valence-corrected chi connectivity index (χ4v) is 4.96. The Kier molecular flexibility index (Phi) is 6.62. The molecule has 172 valence electrons. The largest absolute Gasteiger partial charge is 0.445 e. The molecule has 0 aromatic heterocycles. The van der Waals surface area contributed by atoms with Gasteiger partial charge in [0.05, 0.1) is 4.90 Å². The van der Waals surface area contributed by atoms with E-state index in [9.17, 15) is 18.0 Å². The van der Waals surface area contributed by atoms with Gasteiger partial charge >= 0.3 is 6.09 Å². The van der Waals surface area contributed by atoms with Crippen molar-refractivity contribution in [3.8, 4) is 0 Å². The minimum absolute atomic E-state index is 0.130. The van der Waals surface area contributed by atoms with Crippen LogP contribution in [-0.2, 0) is 26.2 Å². The number of benzene rings is 3. The van der Waals surface area contributed by atoms with Crippen molar-refractivity contribution in [3.05, 3.63) is 72.3 Å². The van der Waals surface area contributed by atoms with Gasteiger partial charge in [-0.15, -0.1) is 0 Å². The van der Waals surface area contributed by atoms with Gasteiger partial charge < -0.3 is 10.1 Å². The highest BCUT2D eigenvalue weighted by atomic mass is 32.2. The van der Waals surface area contributed by atoms with Gasteiger partial charge in [-0.1, -0.05) is 54.6 Å². The van der Waals surface area contributed by atoms with E-state index in [-0.39, 0.29) is 17.4 Å². The van der Waals surface area contributed by atoms with Crippen LogP contribution in [0.1, 0.15) is 18.4 Å². The third-order valence-corrected chi connectivity index (χ3v) is 7.17. The molecule has 9 heteroatoms. The highest BCUT2D eigenvalue weighted by Crippen LogP contribution is 2.29. The van der Waals surface area contributed by atoms with Crippen LogP contribution in [0.4, 0.5) is 10.5 Å². The van der Waals surface area contributed by atoms with Crippen LogP contribution in [0.3, 0.4) is 0 Å². The molecular weight excluding hydrogens is 442 g/mol. The molecule has 1 aliphatic rings. The summed E-state index contributed by atoms with van der Waals surface area (Å²) < 4.78 is 32.5. The third-order valence-electron chi connectivity index (χ3n) is 5.69. The summed E-state index contributed by atoms with van der Waals surface area (Å²) in [6.07, 6.45) is 0.687. The summed E-state index contributed by atoms with van der Waals surface area (Å²) >= 11 is 0. The number of nitrogens with zero attached hydrogens (tertiary/aromatic N) is 1. The first kappa shape index (κ1) is 22.8. The van der Waals surface area contributed by atoms with Gasteiger partial charge in [-0.2, -0.15) is 0 Å². The van der Waals surface area contributed by atoms with E-state index < -0.39 is 22.2 Å². The molecule has 33 heavy (non-hydrogen) atoms. The summed E-state index contributed by atoms with van der Waals surface area (Å²) in [7, 11) is -2.31. The highest BCUT2D eigenvalue weighted by Gasteiger charge is 2.35.